The van der Waals surface area contributed by atoms with Gasteiger partial charge >= 0.3 is 0 Å². The third kappa shape index (κ3) is 2.90. The van der Waals surface area contributed by atoms with Crippen LogP contribution in [0.1, 0.15) is 6.92 Å². The van der Waals surface area contributed by atoms with Crippen molar-refractivity contribution in [2.24, 2.45) is 0 Å². The van der Waals surface area contributed by atoms with Crippen molar-refractivity contribution in [1.29, 1.82) is 0 Å². The number of pyridine rings is 1. The molecule has 9 heteroatoms. The number of anilines is 2. The Morgan fingerprint density at radius 1 is 1.24 bits per heavy atom. The molecular formula is C20H20FN7O. The standard InChI is InChI=1S/C20H20FN7O/c1-12-11-29-9-8-27(12)17-10-14(13-4-2-3-5-15(13)21)18-19(22)26-28(20(18)24-17)16-6-7-23-25-16/h2-7,10,12H,8-9,11H2,1H3,(H2,22,26)(H,23,25)/t12-/m1/s1. The first-order valence-electron chi connectivity index (χ1n) is 9.42. The highest BCUT2D eigenvalue weighted by atomic mass is 19.1. The Labute approximate surface area is 166 Å². The molecule has 8 nitrogen and oxygen atoms in total. The van der Waals surface area contributed by atoms with Gasteiger partial charge in [0.25, 0.3) is 0 Å². The monoisotopic (exact) mass is 393 g/mol. The summed E-state index contributed by atoms with van der Waals surface area (Å²) in [5.41, 5.74) is 7.92. The zero-order chi connectivity index (χ0) is 20.0. The van der Waals surface area contributed by atoms with Crippen molar-refractivity contribution in [2.75, 3.05) is 30.4 Å². The summed E-state index contributed by atoms with van der Waals surface area (Å²) < 4.78 is 21.9. The van der Waals surface area contributed by atoms with E-state index in [0.29, 0.717) is 47.7 Å². The second kappa shape index (κ2) is 6.85. The number of fused-ring (bicyclic) bond motifs is 1. The fraction of sp³-hybridized carbons (Fsp3) is 0.250. The minimum atomic E-state index is -0.324. The van der Waals surface area contributed by atoms with Gasteiger partial charge in [-0.1, -0.05) is 18.2 Å². The van der Waals surface area contributed by atoms with Crippen LogP contribution in [0.5, 0.6) is 0 Å². The molecule has 29 heavy (non-hydrogen) atoms. The average molecular weight is 393 g/mol. The van der Waals surface area contributed by atoms with Crippen LogP contribution in [-0.4, -0.2) is 50.8 Å². The lowest BCUT2D eigenvalue weighted by Crippen LogP contribution is -2.44. The van der Waals surface area contributed by atoms with Gasteiger partial charge in [0.2, 0.25) is 0 Å². The topological polar surface area (TPSA) is 97.9 Å². The number of ether oxygens (including phenoxy) is 1. The van der Waals surface area contributed by atoms with Gasteiger partial charge in [-0.05, 0) is 19.1 Å². The van der Waals surface area contributed by atoms with Crippen LogP contribution in [0.4, 0.5) is 16.0 Å². The van der Waals surface area contributed by atoms with Gasteiger partial charge in [0.15, 0.2) is 17.3 Å². The van der Waals surface area contributed by atoms with E-state index in [-0.39, 0.29) is 17.7 Å². The number of halogens is 1. The summed E-state index contributed by atoms with van der Waals surface area (Å²) in [4.78, 5) is 7.02. The smallest absolute Gasteiger partial charge is 0.169 e. The predicted molar refractivity (Wildman–Crippen MR) is 108 cm³/mol. The quantitative estimate of drug-likeness (QED) is 0.555. The van der Waals surface area contributed by atoms with Crippen molar-refractivity contribution in [3.8, 4) is 16.9 Å². The molecule has 0 aliphatic carbocycles. The SMILES string of the molecule is C[C@@H]1COCCN1c1cc(-c2ccccc2F)c2c(N)nn(-c3ccn[nH]3)c2n1. The van der Waals surface area contributed by atoms with Gasteiger partial charge in [-0.25, -0.2) is 9.37 Å². The number of aromatic amines is 1. The van der Waals surface area contributed by atoms with Crippen molar-refractivity contribution in [1.82, 2.24) is 25.0 Å². The summed E-state index contributed by atoms with van der Waals surface area (Å²) in [6.45, 7) is 4.00. The fourth-order valence-electron chi connectivity index (χ4n) is 3.77. The van der Waals surface area contributed by atoms with Crippen LogP contribution in [0.15, 0.2) is 42.6 Å². The van der Waals surface area contributed by atoms with Gasteiger partial charge in [0.1, 0.15) is 11.6 Å². The van der Waals surface area contributed by atoms with Crippen LogP contribution < -0.4 is 10.6 Å². The molecule has 0 radical (unpaired) electrons. The normalized spacial score (nSPS) is 17.2. The number of hydrogen-bond donors (Lipinski definition) is 2. The predicted octanol–water partition coefficient (Wildman–Crippen LogP) is 2.76. The molecule has 1 fully saturated rings. The highest BCUT2D eigenvalue weighted by Gasteiger charge is 2.25. The number of nitrogens with two attached hydrogens (primary N) is 1. The minimum Gasteiger partial charge on any atom is -0.382 e. The molecule has 4 aromatic rings. The maximum absolute atomic E-state index is 14.7. The largest absolute Gasteiger partial charge is 0.382 e. The summed E-state index contributed by atoms with van der Waals surface area (Å²) in [5, 5.41) is 11.9. The number of H-pyrrole nitrogens is 1. The molecule has 0 spiro atoms. The van der Waals surface area contributed by atoms with Crippen molar-refractivity contribution >= 4 is 22.7 Å². The lowest BCUT2D eigenvalue weighted by molar-refractivity contribution is 0.0985. The average Bonchev–Trinajstić information content (AvgIpc) is 3.36. The van der Waals surface area contributed by atoms with E-state index in [1.807, 2.05) is 6.07 Å². The van der Waals surface area contributed by atoms with Gasteiger partial charge in [-0.2, -0.15) is 9.78 Å². The Morgan fingerprint density at radius 2 is 2.10 bits per heavy atom. The summed E-state index contributed by atoms with van der Waals surface area (Å²) in [6, 6.07) is 10.5. The Bertz CT molecular complexity index is 1170. The lowest BCUT2D eigenvalue weighted by Gasteiger charge is -2.34. The molecule has 1 aliphatic rings. The summed E-state index contributed by atoms with van der Waals surface area (Å²) in [6.07, 6.45) is 1.63. The molecule has 3 aromatic heterocycles. The third-order valence-electron chi connectivity index (χ3n) is 5.19. The van der Waals surface area contributed by atoms with E-state index in [9.17, 15) is 4.39 Å². The van der Waals surface area contributed by atoms with Crippen molar-refractivity contribution in [3.05, 3.63) is 48.4 Å². The first-order valence-corrected chi connectivity index (χ1v) is 9.42. The molecule has 4 heterocycles. The maximum atomic E-state index is 14.7. The summed E-state index contributed by atoms with van der Waals surface area (Å²) in [7, 11) is 0. The molecule has 0 amide bonds. The van der Waals surface area contributed by atoms with Gasteiger partial charge < -0.3 is 15.4 Å². The Morgan fingerprint density at radius 3 is 2.86 bits per heavy atom. The van der Waals surface area contributed by atoms with Crippen LogP contribution in [0.3, 0.4) is 0 Å². The highest BCUT2D eigenvalue weighted by Crippen LogP contribution is 2.37. The van der Waals surface area contributed by atoms with E-state index in [1.54, 1.807) is 35.1 Å². The third-order valence-corrected chi connectivity index (χ3v) is 5.19. The van der Waals surface area contributed by atoms with E-state index in [0.717, 1.165) is 5.82 Å². The number of aromatic nitrogens is 5. The Kier molecular flexibility index (Phi) is 4.17. The molecule has 3 N–H and O–H groups in total. The molecule has 5 rings (SSSR count). The van der Waals surface area contributed by atoms with Gasteiger partial charge in [0, 0.05) is 23.7 Å². The van der Waals surface area contributed by atoms with E-state index >= 15 is 0 Å². The zero-order valence-electron chi connectivity index (χ0n) is 15.8. The summed E-state index contributed by atoms with van der Waals surface area (Å²) >= 11 is 0. The van der Waals surface area contributed by atoms with Gasteiger partial charge in [-0.15, -0.1) is 5.10 Å². The Balaban J connectivity index is 1.81. The zero-order valence-corrected chi connectivity index (χ0v) is 15.8. The van der Waals surface area contributed by atoms with Crippen LogP contribution in [0.2, 0.25) is 0 Å². The van der Waals surface area contributed by atoms with Crippen molar-refractivity contribution in [3.63, 3.8) is 0 Å². The highest BCUT2D eigenvalue weighted by molar-refractivity contribution is 6.02. The molecule has 148 valence electrons. The molecule has 0 bridgehead atoms. The van der Waals surface area contributed by atoms with E-state index in [1.165, 1.54) is 6.07 Å². The minimum absolute atomic E-state index is 0.142. The number of morpholine rings is 1. The number of nitrogens with zero attached hydrogens (tertiary/aromatic N) is 5. The first-order chi connectivity index (χ1) is 14.1. The molecule has 1 atom stereocenters. The van der Waals surface area contributed by atoms with Gasteiger partial charge in [0.05, 0.1) is 30.8 Å². The maximum Gasteiger partial charge on any atom is 0.169 e. The van der Waals surface area contributed by atoms with Crippen molar-refractivity contribution in [2.45, 2.75) is 13.0 Å². The second-order valence-corrected chi connectivity index (χ2v) is 7.06. The van der Waals surface area contributed by atoms with Crippen LogP contribution in [-0.2, 0) is 4.74 Å². The fourth-order valence-corrected chi connectivity index (χ4v) is 3.77. The van der Waals surface area contributed by atoms with E-state index in [4.69, 9.17) is 15.5 Å². The molecule has 0 saturated carbocycles. The molecule has 1 aliphatic heterocycles. The van der Waals surface area contributed by atoms with E-state index < -0.39 is 0 Å². The summed E-state index contributed by atoms with van der Waals surface area (Å²) in [5.74, 6) is 1.31. The number of hydrogen-bond acceptors (Lipinski definition) is 6. The van der Waals surface area contributed by atoms with E-state index in [2.05, 4.69) is 27.1 Å². The molecular weight excluding hydrogens is 373 g/mol. The second-order valence-electron chi connectivity index (χ2n) is 7.06. The van der Waals surface area contributed by atoms with Crippen molar-refractivity contribution < 1.29 is 9.13 Å². The van der Waals surface area contributed by atoms with Crippen LogP contribution in [0.25, 0.3) is 28.0 Å². The molecule has 0 unspecified atom stereocenters. The van der Waals surface area contributed by atoms with Crippen LogP contribution in [0, 0.1) is 5.82 Å². The number of nitrogens with one attached hydrogen (secondary N) is 1. The lowest BCUT2D eigenvalue weighted by atomic mass is 10.0. The number of nitrogen functional groups attached to an aromatic ring is 1. The van der Waals surface area contributed by atoms with Gasteiger partial charge in [-0.3, -0.25) is 5.10 Å². The Hall–Kier alpha value is -3.46. The number of benzene rings is 1. The number of rotatable bonds is 3. The molecule has 1 saturated heterocycles. The first kappa shape index (κ1) is 17.6. The van der Waals surface area contributed by atoms with Crippen LogP contribution >= 0.6 is 0 Å². The molecule has 1 aromatic carbocycles.